The highest BCUT2D eigenvalue weighted by Crippen LogP contribution is 2.16. The third-order valence-corrected chi connectivity index (χ3v) is 4.20. The lowest BCUT2D eigenvalue weighted by Gasteiger charge is -2.06. The van der Waals surface area contributed by atoms with E-state index < -0.39 is 0 Å². The van der Waals surface area contributed by atoms with Crippen molar-refractivity contribution in [3.8, 4) is 5.75 Å². The van der Waals surface area contributed by atoms with E-state index in [2.05, 4.69) is 21.2 Å². The predicted octanol–water partition coefficient (Wildman–Crippen LogP) is 5.68. The summed E-state index contributed by atoms with van der Waals surface area (Å²) >= 11 is 3.42. The van der Waals surface area contributed by atoms with Crippen LogP contribution in [0.25, 0.3) is 6.08 Å². The van der Waals surface area contributed by atoms with Crippen LogP contribution < -0.4 is 10.1 Å². The first-order chi connectivity index (χ1) is 12.7. The van der Waals surface area contributed by atoms with E-state index in [1.54, 1.807) is 6.08 Å². The quantitative estimate of drug-likeness (QED) is 0.533. The van der Waals surface area contributed by atoms with Crippen LogP contribution in [0.1, 0.15) is 11.1 Å². The van der Waals surface area contributed by atoms with E-state index >= 15 is 0 Å². The first kappa shape index (κ1) is 18.0. The van der Waals surface area contributed by atoms with Gasteiger partial charge in [0, 0.05) is 16.2 Å². The van der Waals surface area contributed by atoms with Gasteiger partial charge in [-0.3, -0.25) is 4.79 Å². The Kier molecular flexibility index (Phi) is 6.23. The number of hydrogen-bond donors (Lipinski definition) is 1. The molecule has 0 aliphatic rings. The molecule has 0 spiro atoms. The van der Waals surface area contributed by atoms with E-state index in [1.165, 1.54) is 6.08 Å². The van der Waals surface area contributed by atoms with Gasteiger partial charge in [-0.2, -0.15) is 0 Å². The van der Waals surface area contributed by atoms with Gasteiger partial charge in [-0.1, -0.05) is 58.4 Å². The summed E-state index contributed by atoms with van der Waals surface area (Å²) in [4.78, 5) is 11.9. The van der Waals surface area contributed by atoms with E-state index in [9.17, 15) is 4.79 Å². The number of para-hydroxylation sites is 1. The van der Waals surface area contributed by atoms with Crippen molar-refractivity contribution >= 4 is 33.6 Å². The van der Waals surface area contributed by atoms with Crippen molar-refractivity contribution in [2.45, 2.75) is 6.61 Å². The molecule has 0 fully saturated rings. The van der Waals surface area contributed by atoms with Crippen molar-refractivity contribution in [3.05, 3.63) is 101 Å². The highest BCUT2D eigenvalue weighted by Gasteiger charge is 1.99. The second-order valence-electron chi connectivity index (χ2n) is 5.67. The van der Waals surface area contributed by atoms with Gasteiger partial charge in [0.15, 0.2) is 0 Å². The maximum atomic E-state index is 11.9. The van der Waals surface area contributed by atoms with Crippen molar-refractivity contribution in [3.63, 3.8) is 0 Å². The van der Waals surface area contributed by atoms with E-state index in [4.69, 9.17) is 4.74 Å². The van der Waals surface area contributed by atoms with Gasteiger partial charge in [0.05, 0.1) is 0 Å². The molecule has 0 aliphatic heterocycles. The largest absolute Gasteiger partial charge is 0.489 e. The topological polar surface area (TPSA) is 38.3 Å². The lowest BCUT2D eigenvalue weighted by Crippen LogP contribution is -2.07. The summed E-state index contributed by atoms with van der Waals surface area (Å²) in [5.41, 5.74) is 2.82. The van der Waals surface area contributed by atoms with Gasteiger partial charge in [-0.25, -0.2) is 0 Å². The fourth-order valence-corrected chi connectivity index (χ4v) is 2.56. The molecule has 1 amide bonds. The summed E-state index contributed by atoms with van der Waals surface area (Å²) in [6, 6.07) is 25.0. The third kappa shape index (κ3) is 5.60. The summed E-state index contributed by atoms with van der Waals surface area (Å²) in [7, 11) is 0. The zero-order valence-electron chi connectivity index (χ0n) is 14.1. The maximum Gasteiger partial charge on any atom is 0.248 e. The monoisotopic (exact) mass is 407 g/mol. The summed E-state index contributed by atoms with van der Waals surface area (Å²) < 4.78 is 6.82. The molecule has 0 bridgehead atoms. The van der Waals surface area contributed by atoms with Crippen LogP contribution in [-0.4, -0.2) is 5.91 Å². The Hall–Kier alpha value is -2.85. The number of rotatable bonds is 6. The van der Waals surface area contributed by atoms with Crippen molar-refractivity contribution in [2.75, 3.05) is 5.32 Å². The summed E-state index contributed by atoms with van der Waals surface area (Å²) in [5.74, 6) is 0.630. The second-order valence-corrected chi connectivity index (χ2v) is 6.59. The number of nitrogens with one attached hydrogen (secondary N) is 1. The minimum atomic E-state index is -0.160. The molecule has 3 nitrogen and oxygen atoms in total. The lowest BCUT2D eigenvalue weighted by molar-refractivity contribution is -0.111. The van der Waals surface area contributed by atoms with Crippen molar-refractivity contribution in [1.29, 1.82) is 0 Å². The van der Waals surface area contributed by atoms with Gasteiger partial charge in [-0.05, 0) is 53.6 Å². The Labute approximate surface area is 161 Å². The SMILES string of the molecule is O=C(/C=C/c1ccc(OCc2ccc(Br)cc2)cc1)Nc1ccccc1. The van der Waals surface area contributed by atoms with Gasteiger partial charge in [0.25, 0.3) is 0 Å². The molecular formula is C22H18BrNO2. The summed E-state index contributed by atoms with van der Waals surface area (Å²) in [6.07, 6.45) is 3.29. The Bertz CT molecular complexity index is 872. The fourth-order valence-electron chi connectivity index (χ4n) is 2.30. The average molecular weight is 408 g/mol. The zero-order chi connectivity index (χ0) is 18.2. The van der Waals surface area contributed by atoms with Crippen LogP contribution in [0, 0.1) is 0 Å². The molecule has 0 aliphatic carbocycles. The Balaban J connectivity index is 1.52. The molecule has 3 aromatic rings. The van der Waals surface area contributed by atoms with Crippen LogP contribution in [-0.2, 0) is 11.4 Å². The van der Waals surface area contributed by atoms with Crippen molar-refractivity contribution in [2.24, 2.45) is 0 Å². The van der Waals surface area contributed by atoms with Crippen LogP contribution in [0.3, 0.4) is 0 Å². The molecule has 0 aromatic heterocycles. The summed E-state index contributed by atoms with van der Waals surface area (Å²) in [6.45, 7) is 0.516. The number of ether oxygens (including phenoxy) is 1. The van der Waals surface area contributed by atoms with Crippen LogP contribution in [0.4, 0.5) is 5.69 Å². The van der Waals surface area contributed by atoms with Gasteiger partial charge in [-0.15, -0.1) is 0 Å². The highest BCUT2D eigenvalue weighted by molar-refractivity contribution is 9.10. The Morgan fingerprint density at radius 1 is 0.923 bits per heavy atom. The first-order valence-corrected chi connectivity index (χ1v) is 9.00. The molecule has 1 N–H and O–H groups in total. The Morgan fingerprint density at radius 3 is 2.31 bits per heavy atom. The number of anilines is 1. The number of halogens is 1. The molecule has 4 heteroatoms. The molecule has 0 saturated carbocycles. The predicted molar refractivity (Wildman–Crippen MR) is 109 cm³/mol. The molecule has 3 aromatic carbocycles. The van der Waals surface area contributed by atoms with E-state index in [0.29, 0.717) is 6.61 Å². The molecular weight excluding hydrogens is 390 g/mol. The van der Waals surface area contributed by atoms with Crippen LogP contribution in [0.5, 0.6) is 5.75 Å². The molecule has 0 saturated heterocycles. The van der Waals surface area contributed by atoms with E-state index in [0.717, 1.165) is 27.0 Å². The van der Waals surface area contributed by atoms with Crippen LogP contribution in [0.15, 0.2) is 89.4 Å². The van der Waals surface area contributed by atoms with E-state index in [1.807, 2.05) is 78.9 Å². The number of benzene rings is 3. The molecule has 130 valence electrons. The average Bonchev–Trinajstić information content (AvgIpc) is 2.67. The van der Waals surface area contributed by atoms with Gasteiger partial charge < -0.3 is 10.1 Å². The molecule has 0 unspecified atom stereocenters. The number of amides is 1. The minimum Gasteiger partial charge on any atom is -0.489 e. The lowest BCUT2D eigenvalue weighted by atomic mass is 10.2. The van der Waals surface area contributed by atoms with Gasteiger partial charge in [0.1, 0.15) is 12.4 Å². The molecule has 0 heterocycles. The van der Waals surface area contributed by atoms with Gasteiger partial charge >= 0.3 is 0 Å². The number of carbonyl (C=O) groups is 1. The van der Waals surface area contributed by atoms with Crippen LogP contribution in [0.2, 0.25) is 0 Å². The molecule has 26 heavy (non-hydrogen) atoms. The molecule has 0 atom stereocenters. The second kappa shape index (κ2) is 9.02. The van der Waals surface area contributed by atoms with E-state index in [-0.39, 0.29) is 5.91 Å². The van der Waals surface area contributed by atoms with Crippen molar-refractivity contribution in [1.82, 2.24) is 0 Å². The van der Waals surface area contributed by atoms with Crippen LogP contribution >= 0.6 is 15.9 Å². The maximum absolute atomic E-state index is 11.9. The minimum absolute atomic E-state index is 0.160. The molecule has 0 radical (unpaired) electrons. The smallest absolute Gasteiger partial charge is 0.248 e. The first-order valence-electron chi connectivity index (χ1n) is 8.20. The third-order valence-electron chi connectivity index (χ3n) is 3.67. The number of carbonyl (C=O) groups excluding carboxylic acids is 1. The van der Waals surface area contributed by atoms with Crippen molar-refractivity contribution < 1.29 is 9.53 Å². The number of hydrogen-bond acceptors (Lipinski definition) is 2. The molecule has 3 rings (SSSR count). The standard InChI is InChI=1S/C22H18BrNO2/c23-19-11-6-18(7-12-19)16-26-21-13-8-17(9-14-21)10-15-22(25)24-20-4-2-1-3-5-20/h1-15H,16H2,(H,24,25)/b15-10+. The normalized spacial score (nSPS) is 10.7. The highest BCUT2D eigenvalue weighted by atomic mass is 79.9. The van der Waals surface area contributed by atoms with Gasteiger partial charge in [0.2, 0.25) is 5.91 Å². The zero-order valence-corrected chi connectivity index (χ0v) is 15.6. The Morgan fingerprint density at radius 2 is 1.62 bits per heavy atom. The summed E-state index contributed by atoms with van der Waals surface area (Å²) in [5, 5.41) is 2.81. The fraction of sp³-hybridized carbons (Fsp3) is 0.0455.